The Labute approximate surface area is 231 Å². The normalized spacial score (nSPS) is 21.6. The van der Waals surface area contributed by atoms with E-state index in [0.717, 1.165) is 23.3 Å². The Hall–Kier alpha value is -3.48. The fourth-order valence-electron chi connectivity index (χ4n) is 5.94. The van der Waals surface area contributed by atoms with Crippen molar-refractivity contribution in [1.29, 1.82) is 0 Å². The molecule has 5 rings (SSSR count). The van der Waals surface area contributed by atoms with Gasteiger partial charge < -0.3 is 15.6 Å². The molecule has 1 aromatic carbocycles. The summed E-state index contributed by atoms with van der Waals surface area (Å²) >= 11 is 0. The Morgan fingerprint density at radius 3 is 2.58 bits per heavy atom. The van der Waals surface area contributed by atoms with Crippen LogP contribution in [0.5, 0.6) is 5.75 Å². The maximum Gasteiger partial charge on any atom is 0.152 e. The van der Waals surface area contributed by atoms with Crippen LogP contribution in [-0.4, -0.2) is 63.9 Å². The molecule has 1 fully saturated rings. The van der Waals surface area contributed by atoms with Gasteiger partial charge in [-0.05, 0) is 54.0 Å². The van der Waals surface area contributed by atoms with Gasteiger partial charge in [-0.15, -0.1) is 0 Å². The van der Waals surface area contributed by atoms with Crippen molar-refractivity contribution < 1.29 is 27.0 Å². The predicted octanol–water partition coefficient (Wildman–Crippen LogP) is 3.29. The summed E-state index contributed by atoms with van der Waals surface area (Å²) in [5, 5.41) is 12.8. The van der Waals surface area contributed by atoms with Gasteiger partial charge in [-0.2, -0.15) is 5.10 Å². The van der Waals surface area contributed by atoms with E-state index < -0.39 is 32.8 Å². The zero-order valence-corrected chi connectivity index (χ0v) is 23.0. The van der Waals surface area contributed by atoms with Crippen molar-refractivity contribution in [2.24, 2.45) is 11.7 Å². The van der Waals surface area contributed by atoms with Crippen molar-refractivity contribution in [3.8, 4) is 17.0 Å². The van der Waals surface area contributed by atoms with Gasteiger partial charge in [0, 0.05) is 43.2 Å². The van der Waals surface area contributed by atoms with Crippen molar-refractivity contribution >= 4 is 15.4 Å². The molecule has 212 valence electrons. The van der Waals surface area contributed by atoms with Gasteiger partial charge >= 0.3 is 0 Å². The molecule has 1 aliphatic rings. The number of aromatic nitrogens is 4. The number of imidazole rings is 1. The molecule has 0 saturated heterocycles. The highest BCUT2D eigenvalue weighted by Crippen LogP contribution is 2.39. The van der Waals surface area contributed by atoms with E-state index in [9.17, 15) is 17.2 Å². The summed E-state index contributed by atoms with van der Waals surface area (Å²) < 4.78 is 61.2. The summed E-state index contributed by atoms with van der Waals surface area (Å²) in [5.74, 6) is -1.22. The number of hydrogen-bond acceptors (Lipinski definition) is 8. The van der Waals surface area contributed by atoms with Gasteiger partial charge in [0.25, 0.3) is 0 Å². The van der Waals surface area contributed by atoms with Gasteiger partial charge in [-0.1, -0.05) is 6.92 Å². The minimum absolute atomic E-state index is 0.0269. The van der Waals surface area contributed by atoms with E-state index in [1.165, 1.54) is 12.3 Å². The van der Waals surface area contributed by atoms with Crippen LogP contribution in [0.4, 0.5) is 8.78 Å². The van der Waals surface area contributed by atoms with E-state index in [1.807, 2.05) is 13.0 Å². The number of sulfone groups is 1. The Morgan fingerprint density at radius 2 is 1.90 bits per heavy atom. The molecule has 0 bridgehead atoms. The van der Waals surface area contributed by atoms with E-state index in [1.54, 1.807) is 29.2 Å². The van der Waals surface area contributed by atoms with Crippen LogP contribution >= 0.6 is 0 Å². The van der Waals surface area contributed by atoms with E-state index in [4.69, 9.17) is 15.6 Å². The molecule has 0 unspecified atom stereocenters. The van der Waals surface area contributed by atoms with Crippen LogP contribution in [-0.2, 0) is 16.3 Å². The summed E-state index contributed by atoms with van der Waals surface area (Å²) in [6.07, 6.45) is 7.89. The maximum absolute atomic E-state index is 14.9. The third kappa shape index (κ3) is 5.56. The van der Waals surface area contributed by atoms with Gasteiger partial charge in [0.1, 0.15) is 29.8 Å². The highest BCUT2D eigenvalue weighted by atomic mass is 32.2. The molecule has 3 aromatic heterocycles. The van der Waals surface area contributed by atoms with Gasteiger partial charge in [-0.25, -0.2) is 26.7 Å². The van der Waals surface area contributed by atoms with Crippen LogP contribution in [0.3, 0.4) is 0 Å². The van der Waals surface area contributed by atoms with Crippen molar-refractivity contribution in [1.82, 2.24) is 19.6 Å². The Bertz CT molecular complexity index is 1610. The number of rotatable bonds is 8. The molecule has 9 nitrogen and oxygen atoms in total. The first kappa shape index (κ1) is 28.1. The Balaban J connectivity index is 1.46. The van der Waals surface area contributed by atoms with Crippen LogP contribution in [0.2, 0.25) is 0 Å². The van der Waals surface area contributed by atoms with E-state index >= 15 is 0 Å². The second-order valence-corrected chi connectivity index (χ2v) is 12.6. The molecular formula is C28H31F2N5O4S. The second-order valence-electron chi connectivity index (χ2n) is 10.4. The van der Waals surface area contributed by atoms with E-state index in [0.29, 0.717) is 30.6 Å². The molecule has 3 heterocycles. The van der Waals surface area contributed by atoms with Crippen LogP contribution in [0.1, 0.15) is 42.6 Å². The first-order chi connectivity index (χ1) is 19.1. The molecule has 4 atom stereocenters. The van der Waals surface area contributed by atoms with Crippen LogP contribution in [0, 0.1) is 17.6 Å². The third-order valence-corrected chi connectivity index (χ3v) is 9.31. The number of nitrogens with two attached hydrogens (primary N) is 1. The number of benzene rings is 1. The monoisotopic (exact) mass is 571 g/mol. The van der Waals surface area contributed by atoms with Crippen molar-refractivity contribution in [3.63, 3.8) is 0 Å². The third-order valence-electron chi connectivity index (χ3n) is 7.51. The minimum atomic E-state index is -3.27. The summed E-state index contributed by atoms with van der Waals surface area (Å²) in [6, 6.07) is 6.77. The summed E-state index contributed by atoms with van der Waals surface area (Å²) in [5.41, 5.74) is 8.72. The number of ether oxygens (including phenoxy) is 1. The van der Waals surface area contributed by atoms with Crippen molar-refractivity contribution in [2.45, 2.75) is 43.4 Å². The highest BCUT2D eigenvalue weighted by Gasteiger charge is 2.40. The fraction of sp³-hybridized carbons (Fsp3) is 0.393. The topological polar surface area (TPSA) is 133 Å². The highest BCUT2D eigenvalue weighted by molar-refractivity contribution is 7.91. The number of halogens is 2. The first-order valence-corrected chi connectivity index (χ1v) is 15.0. The molecule has 40 heavy (non-hydrogen) atoms. The number of hydrogen-bond donors (Lipinski definition) is 2. The van der Waals surface area contributed by atoms with Crippen LogP contribution < -0.4 is 10.5 Å². The molecule has 1 aliphatic carbocycles. The standard InChI is InChI=1S/C28H31F2N5O4S/c1-16-9-17(10-24(31)28(16)40(2,37)38)21-5-6-32-14-18(21)11-26-33-15-19-3-4-25(34-35(19)26)27-22(29)12-20(13-23(27)30)39-8-7-36/h3-6,12-17,24,28,36H,7-11,31H2,1-2H3/t16-,17+,24+,28+/m0/s1. The van der Waals surface area contributed by atoms with Crippen molar-refractivity contribution in [3.05, 3.63) is 77.5 Å². The minimum Gasteiger partial charge on any atom is -0.491 e. The predicted molar refractivity (Wildman–Crippen MR) is 146 cm³/mol. The first-order valence-electron chi connectivity index (χ1n) is 13.0. The zero-order chi connectivity index (χ0) is 28.6. The number of nitrogens with zero attached hydrogens (tertiary/aromatic N) is 4. The molecular weight excluding hydrogens is 540 g/mol. The maximum atomic E-state index is 14.9. The SMILES string of the molecule is C[C@H]1C[C@@H](c2ccncc2Cc2ncc3ccc(-c4c(F)cc(OCCO)cc4F)nn23)C[C@@H](N)[C@@H]1S(C)(=O)=O. The van der Waals surface area contributed by atoms with Gasteiger partial charge in [0.15, 0.2) is 9.84 Å². The summed E-state index contributed by atoms with van der Waals surface area (Å²) in [4.78, 5) is 8.82. The number of fused-ring (bicyclic) bond motifs is 1. The average molecular weight is 572 g/mol. The number of pyridine rings is 1. The molecule has 0 aliphatic heterocycles. The quantitative estimate of drug-likeness (QED) is 0.329. The van der Waals surface area contributed by atoms with Crippen LogP contribution in [0.25, 0.3) is 16.8 Å². The van der Waals surface area contributed by atoms with Crippen LogP contribution in [0.15, 0.2) is 48.9 Å². The van der Waals surface area contributed by atoms with Gasteiger partial charge in [0.05, 0.1) is 34.8 Å². The summed E-state index contributed by atoms with van der Waals surface area (Å²) in [6.45, 7) is 1.57. The largest absolute Gasteiger partial charge is 0.491 e. The van der Waals surface area contributed by atoms with E-state index in [-0.39, 0.29) is 42.1 Å². The lowest BCUT2D eigenvalue weighted by Gasteiger charge is -2.38. The van der Waals surface area contributed by atoms with E-state index in [2.05, 4.69) is 15.1 Å². The molecule has 12 heteroatoms. The molecule has 3 N–H and O–H groups in total. The number of aliphatic hydroxyl groups is 1. The Kier molecular flexibility index (Phi) is 7.85. The van der Waals surface area contributed by atoms with Crippen molar-refractivity contribution in [2.75, 3.05) is 19.5 Å². The lowest BCUT2D eigenvalue weighted by molar-refractivity contribution is 0.200. The lowest BCUT2D eigenvalue weighted by Crippen LogP contribution is -2.48. The van der Waals surface area contributed by atoms with Gasteiger partial charge in [0.2, 0.25) is 0 Å². The smallest absolute Gasteiger partial charge is 0.152 e. The summed E-state index contributed by atoms with van der Waals surface area (Å²) in [7, 11) is -3.27. The number of aliphatic hydroxyl groups excluding tert-OH is 1. The molecule has 0 spiro atoms. The molecule has 0 radical (unpaired) electrons. The zero-order valence-electron chi connectivity index (χ0n) is 22.2. The Morgan fingerprint density at radius 1 is 1.15 bits per heavy atom. The fourth-order valence-corrected chi connectivity index (χ4v) is 7.64. The molecule has 4 aromatic rings. The second kappa shape index (κ2) is 11.2. The average Bonchev–Trinajstić information content (AvgIpc) is 3.28. The molecule has 1 saturated carbocycles. The van der Waals surface area contributed by atoms with Gasteiger partial charge in [-0.3, -0.25) is 4.98 Å². The lowest BCUT2D eigenvalue weighted by atomic mass is 9.75. The molecule has 0 amide bonds.